The molecule has 1 N–H and O–H groups in total. The first-order chi connectivity index (χ1) is 11.1. The Morgan fingerprint density at radius 3 is 2.78 bits per heavy atom. The summed E-state index contributed by atoms with van der Waals surface area (Å²) in [5.41, 5.74) is 2.73. The van der Waals surface area contributed by atoms with Crippen LogP contribution < -0.4 is 10.2 Å². The third-order valence-electron chi connectivity index (χ3n) is 3.43. The number of carbonyl (C=O) groups is 1. The molecule has 3 heterocycles. The predicted molar refractivity (Wildman–Crippen MR) is 87.0 cm³/mol. The minimum absolute atomic E-state index is 0.200. The third kappa shape index (κ3) is 3.80. The Kier molecular flexibility index (Phi) is 4.77. The summed E-state index contributed by atoms with van der Waals surface area (Å²) in [4.78, 5) is 23.5. The molecule has 0 aliphatic carbocycles. The minimum Gasteiger partial charge on any atom is -0.378 e. The van der Waals surface area contributed by atoms with Crippen LogP contribution in [0.4, 0.5) is 11.1 Å². The number of anilines is 2. The van der Waals surface area contributed by atoms with Crippen molar-refractivity contribution in [2.45, 2.75) is 19.8 Å². The smallest absolute Gasteiger partial charge is 0.276 e. The second kappa shape index (κ2) is 6.97. The number of nitrogens with zero attached hydrogens (tertiary/aromatic N) is 5. The van der Waals surface area contributed by atoms with E-state index in [9.17, 15) is 4.79 Å². The molecule has 0 atom stereocenters. The molecule has 9 heteroatoms. The maximum Gasteiger partial charge on any atom is 0.276 e. The lowest BCUT2D eigenvalue weighted by atomic mass is 10.1. The van der Waals surface area contributed by atoms with Crippen molar-refractivity contribution in [1.82, 2.24) is 20.2 Å². The van der Waals surface area contributed by atoms with E-state index in [1.54, 1.807) is 11.6 Å². The van der Waals surface area contributed by atoms with Gasteiger partial charge in [-0.15, -0.1) is 10.2 Å². The van der Waals surface area contributed by atoms with Crippen LogP contribution in [0.3, 0.4) is 0 Å². The molecule has 0 unspecified atom stereocenters. The van der Waals surface area contributed by atoms with Gasteiger partial charge in [0.2, 0.25) is 11.1 Å². The number of amides is 1. The van der Waals surface area contributed by atoms with Crippen LogP contribution in [0.25, 0.3) is 0 Å². The van der Waals surface area contributed by atoms with Crippen molar-refractivity contribution >= 4 is 28.3 Å². The Hall–Kier alpha value is -2.13. The van der Waals surface area contributed by atoms with Gasteiger partial charge in [0.15, 0.2) is 0 Å². The molecule has 1 saturated heterocycles. The highest BCUT2D eigenvalue weighted by atomic mass is 32.1. The summed E-state index contributed by atoms with van der Waals surface area (Å²) in [6.07, 6.45) is 0. The molecule has 0 aromatic carbocycles. The highest BCUT2D eigenvalue weighted by Gasteiger charge is 2.19. The van der Waals surface area contributed by atoms with Crippen LogP contribution in [0.15, 0.2) is 11.6 Å². The van der Waals surface area contributed by atoms with Gasteiger partial charge in [-0.2, -0.15) is 0 Å². The van der Waals surface area contributed by atoms with E-state index in [4.69, 9.17) is 4.74 Å². The molecule has 1 fully saturated rings. The van der Waals surface area contributed by atoms with Crippen molar-refractivity contribution in [3.63, 3.8) is 0 Å². The van der Waals surface area contributed by atoms with E-state index in [0.717, 1.165) is 18.8 Å². The Balaban J connectivity index is 1.88. The molecule has 0 saturated carbocycles. The highest BCUT2D eigenvalue weighted by molar-refractivity contribution is 7.13. The van der Waals surface area contributed by atoms with Crippen LogP contribution in [0.1, 0.15) is 35.9 Å². The van der Waals surface area contributed by atoms with Gasteiger partial charge in [0.25, 0.3) is 5.91 Å². The van der Waals surface area contributed by atoms with Gasteiger partial charge < -0.3 is 9.64 Å². The van der Waals surface area contributed by atoms with Gasteiger partial charge in [-0.05, 0) is 12.0 Å². The van der Waals surface area contributed by atoms with Gasteiger partial charge >= 0.3 is 0 Å². The molecule has 8 nitrogen and oxygen atoms in total. The third-order valence-corrected chi connectivity index (χ3v) is 4.04. The van der Waals surface area contributed by atoms with Crippen LogP contribution >= 0.6 is 11.3 Å². The van der Waals surface area contributed by atoms with Gasteiger partial charge in [0.05, 0.1) is 13.2 Å². The zero-order chi connectivity index (χ0) is 16.2. The number of hydrogen-bond donors (Lipinski definition) is 1. The van der Waals surface area contributed by atoms with Crippen molar-refractivity contribution in [2.75, 3.05) is 36.5 Å². The number of hydrogen-bond acceptors (Lipinski definition) is 8. The maximum absolute atomic E-state index is 12.4. The summed E-state index contributed by atoms with van der Waals surface area (Å²) in [7, 11) is 0. The van der Waals surface area contributed by atoms with Crippen molar-refractivity contribution < 1.29 is 9.53 Å². The average Bonchev–Trinajstić information content (AvgIpc) is 3.08. The second-order valence-corrected chi connectivity index (χ2v) is 6.26. The molecule has 23 heavy (non-hydrogen) atoms. The van der Waals surface area contributed by atoms with Gasteiger partial charge in [-0.1, -0.05) is 25.2 Å². The fraction of sp³-hybridized carbons (Fsp3) is 0.500. The Morgan fingerprint density at radius 2 is 2.13 bits per heavy atom. The monoisotopic (exact) mass is 334 g/mol. The zero-order valence-corrected chi connectivity index (χ0v) is 13.8. The normalized spacial score (nSPS) is 15.0. The van der Waals surface area contributed by atoms with Gasteiger partial charge in [-0.3, -0.25) is 10.1 Å². The van der Waals surface area contributed by atoms with E-state index < -0.39 is 0 Å². The number of morpholine rings is 1. The maximum atomic E-state index is 12.4. The summed E-state index contributed by atoms with van der Waals surface area (Å²) in [5.74, 6) is 0.466. The Morgan fingerprint density at radius 1 is 1.35 bits per heavy atom. The molecule has 1 amide bonds. The molecular weight excluding hydrogens is 316 g/mol. The van der Waals surface area contributed by atoms with Crippen molar-refractivity contribution in [3.05, 3.63) is 23.0 Å². The molecule has 122 valence electrons. The summed E-state index contributed by atoms with van der Waals surface area (Å²) in [6, 6.07) is 1.73. The standard InChI is InChI=1S/C14H18N6O2S/c1-9(2)10-7-11(12(21)18-14-19-15-8-23-14)17-13(16-10)20-3-5-22-6-4-20/h7-9H,3-6H2,1-2H3,(H,18,19,21). The van der Waals surface area contributed by atoms with Crippen molar-refractivity contribution in [1.29, 1.82) is 0 Å². The largest absolute Gasteiger partial charge is 0.378 e. The van der Waals surface area contributed by atoms with E-state index >= 15 is 0 Å². The van der Waals surface area contributed by atoms with Crippen LogP contribution in [0.2, 0.25) is 0 Å². The highest BCUT2D eigenvalue weighted by Crippen LogP contribution is 2.19. The lowest BCUT2D eigenvalue weighted by Gasteiger charge is -2.27. The Bertz CT molecular complexity index is 670. The van der Waals surface area contributed by atoms with Gasteiger partial charge in [0, 0.05) is 18.8 Å². The van der Waals surface area contributed by atoms with Gasteiger partial charge in [0.1, 0.15) is 11.2 Å². The number of nitrogens with one attached hydrogen (secondary N) is 1. The second-order valence-electron chi connectivity index (χ2n) is 5.43. The number of aromatic nitrogens is 4. The molecule has 1 aliphatic rings. The molecule has 0 radical (unpaired) electrons. The molecule has 1 aliphatic heterocycles. The van der Waals surface area contributed by atoms with Gasteiger partial charge in [-0.25, -0.2) is 9.97 Å². The van der Waals surface area contributed by atoms with Crippen LogP contribution in [0.5, 0.6) is 0 Å². The van der Waals surface area contributed by atoms with E-state index in [-0.39, 0.29) is 11.8 Å². The summed E-state index contributed by atoms with van der Waals surface area (Å²) in [6.45, 7) is 6.80. The number of ether oxygens (including phenoxy) is 1. The summed E-state index contributed by atoms with van der Waals surface area (Å²) < 4.78 is 5.36. The quantitative estimate of drug-likeness (QED) is 0.906. The molecule has 2 aromatic heterocycles. The molecular formula is C14H18N6O2S. The molecule has 2 aromatic rings. The Labute approximate surface area is 137 Å². The number of carbonyl (C=O) groups excluding carboxylic acids is 1. The fourth-order valence-corrected chi connectivity index (χ4v) is 2.60. The summed E-state index contributed by atoms with van der Waals surface area (Å²) in [5, 5.41) is 10.7. The summed E-state index contributed by atoms with van der Waals surface area (Å²) >= 11 is 1.26. The first kappa shape index (κ1) is 15.8. The molecule has 0 spiro atoms. The van der Waals surface area contributed by atoms with E-state index in [1.807, 2.05) is 18.7 Å². The lowest BCUT2D eigenvalue weighted by Crippen LogP contribution is -2.38. The topological polar surface area (TPSA) is 93.1 Å². The first-order valence-corrected chi connectivity index (χ1v) is 8.30. The van der Waals surface area contributed by atoms with Crippen LogP contribution in [-0.4, -0.2) is 52.4 Å². The van der Waals surface area contributed by atoms with Crippen molar-refractivity contribution in [2.24, 2.45) is 0 Å². The predicted octanol–water partition coefficient (Wildman–Crippen LogP) is 1.54. The van der Waals surface area contributed by atoms with Crippen molar-refractivity contribution in [3.8, 4) is 0 Å². The fourth-order valence-electron chi connectivity index (χ4n) is 2.16. The SMILES string of the molecule is CC(C)c1cc(C(=O)Nc2nncs2)nc(N2CCOCC2)n1. The molecule has 3 rings (SSSR count). The molecule has 0 bridgehead atoms. The van der Waals surface area contributed by atoms with E-state index in [0.29, 0.717) is 30.0 Å². The minimum atomic E-state index is -0.305. The van der Waals surface area contributed by atoms with E-state index in [1.165, 1.54) is 11.3 Å². The first-order valence-electron chi connectivity index (χ1n) is 7.42. The van der Waals surface area contributed by atoms with E-state index in [2.05, 4.69) is 25.5 Å². The van der Waals surface area contributed by atoms with Crippen LogP contribution in [0, 0.1) is 0 Å². The average molecular weight is 334 g/mol. The van der Waals surface area contributed by atoms with Crippen LogP contribution in [-0.2, 0) is 4.74 Å². The zero-order valence-electron chi connectivity index (χ0n) is 13.0. The lowest BCUT2D eigenvalue weighted by molar-refractivity contribution is 0.102. The number of rotatable bonds is 4.